The van der Waals surface area contributed by atoms with Gasteiger partial charge in [0, 0.05) is 0 Å². The van der Waals surface area contributed by atoms with Crippen LogP contribution in [0.5, 0.6) is 0 Å². The molecule has 14 heavy (non-hydrogen) atoms. The Balaban J connectivity index is 2.51. The standard InChI is InChI=1S/C13H11O/c14-10-12-8-4-5-9-13(12)11-6-2-1-3-7-11/h1-9H,10H2. The normalized spacial score (nSPS) is 10.1. The van der Waals surface area contributed by atoms with Crippen molar-refractivity contribution < 1.29 is 5.11 Å². The summed E-state index contributed by atoms with van der Waals surface area (Å²) in [4.78, 5) is 0. The van der Waals surface area contributed by atoms with Crippen molar-refractivity contribution in [3.63, 3.8) is 0 Å². The lowest BCUT2D eigenvalue weighted by molar-refractivity contribution is 0.178. The monoisotopic (exact) mass is 183 g/mol. The lowest BCUT2D eigenvalue weighted by atomic mass is 10.0. The first-order valence-electron chi connectivity index (χ1n) is 4.63. The summed E-state index contributed by atoms with van der Waals surface area (Å²) in [7, 11) is 0. The van der Waals surface area contributed by atoms with Crippen LogP contribution in [0.4, 0.5) is 0 Å². The Kier molecular flexibility index (Phi) is 2.61. The maximum Gasteiger partial charge on any atom is 0.108 e. The van der Waals surface area contributed by atoms with Crippen molar-refractivity contribution in [3.05, 3.63) is 60.2 Å². The van der Waals surface area contributed by atoms with Crippen molar-refractivity contribution in [3.8, 4) is 11.1 Å². The second-order valence-corrected chi connectivity index (χ2v) is 3.17. The predicted octanol–water partition coefficient (Wildman–Crippen LogP) is 3.28. The van der Waals surface area contributed by atoms with Gasteiger partial charge in [-0.25, -0.2) is 5.11 Å². The Morgan fingerprint density at radius 2 is 1.43 bits per heavy atom. The molecular formula is C13H11O. The highest BCUT2D eigenvalue weighted by Gasteiger charge is 2.02. The van der Waals surface area contributed by atoms with E-state index < -0.39 is 0 Å². The molecule has 0 aliphatic carbocycles. The van der Waals surface area contributed by atoms with E-state index in [0.29, 0.717) is 0 Å². The van der Waals surface area contributed by atoms with Crippen LogP contribution in [0.15, 0.2) is 54.6 Å². The van der Waals surface area contributed by atoms with E-state index >= 15 is 0 Å². The zero-order valence-electron chi connectivity index (χ0n) is 7.81. The summed E-state index contributed by atoms with van der Waals surface area (Å²) >= 11 is 0. The van der Waals surface area contributed by atoms with E-state index in [9.17, 15) is 5.11 Å². The molecule has 0 aromatic heterocycles. The van der Waals surface area contributed by atoms with Crippen molar-refractivity contribution in [2.24, 2.45) is 0 Å². The molecular weight excluding hydrogens is 172 g/mol. The molecule has 69 valence electrons. The highest BCUT2D eigenvalue weighted by Crippen LogP contribution is 2.22. The summed E-state index contributed by atoms with van der Waals surface area (Å²) in [5, 5.41) is 10.9. The van der Waals surface area contributed by atoms with Crippen LogP contribution in [-0.4, -0.2) is 0 Å². The highest BCUT2D eigenvalue weighted by atomic mass is 16.3. The van der Waals surface area contributed by atoms with E-state index in [2.05, 4.69) is 0 Å². The third kappa shape index (κ3) is 1.68. The molecule has 0 heterocycles. The summed E-state index contributed by atoms with van der Waals surface area (Å²) in [5.41, 5.74) is 3.01. The third-order valence-corrected chi connectivity index (χ3v) is 2.26. The molecule has 2 rings (SSSR count). The molecule has 0 aliphatic heterocycles. The SMILES string of the molecule is [O]Cc1ccccc1-c1ccccc1. The highest BCUT2D eigenvalue weighted by molar-refractivity contribution is 5.66. The van der Waals surface area contributed by atoms with Gasteiger partial charge < -0.3 is 0 Å². The van der Waals surface area contributed by atoms with Gasteiger partial charge in [0.25, 0.3) is 0 Å². The first-order chi connectivity index (χ1) is 6.92. The zero-order valence-corrected chi connectivity index (χ0v) is 7.81. The van der Waals surface area contributed by atoms with Crippen molar-refractivity contribution >= 4 is 0 Å². The largest absolute Gasteiger partial charge is 0.232 e. The van der Waals surface area contributed by atoms with Crippen LogP contribution in [0.25, 0.3) is 11.1 Å². The van der Waals surface area contributed by atoms with Crippen molar-refractivity contribution in [2.45, 2.75) is 6.61 Å². The molecule has 2 aromatic rings. The lowest BCUT2D eigenvalue weighted by Crippen LogP contribution is -1.86. The molecule has 0 unspecified atom stereocenters. The average Bonchev–Trinajstić information content (AvgIpc) is 2.30. The first kappa shape index (κ1) is 8.97. The van der Waals surface area contributed by atoms with Crippen LogP contribution in [-0.2, 0) is 11.7 Å². The molecule has 0 fully saturated rings. The Bertz CT molecular complexity index is 407. The molecule has 0 N–H and O–H groups in total. The second kappa shape index (κ2) is 4.07. The third-order valence-electron chi connectivity index (χ3n) is 2.26. The van der Waals surface area contributed by atoms with Gasteiger partial charge in [0.2, 0.25) is 0 Å². The van der Waals surface area contributed by atoms with Gasteiger partial charge >= 0.3 is 0 Å². The lowest BCUT2D eigenvalue weighted by Gasteiger charge is -2.05. The van der Waals surface area contributed by atoms with Gasteiger partial charge in [-0.2, -0.15) is 0 Å². The molecule has 0 amide bonds. The predicted molar refractivity (Wildman–Crippen MR) is 56.3 cm³/mol. The van der Waals surface area contributed by atoms with Crippen LogP contribution < -0.4 is 0 Å². The molecule has 0 saturated carbocycles. The molecule has 0 spiro atoms. The van der Waals surface area contributed by atoms with E-state index in [4.69, 9.17) is 0 Å². The van der Waals surface area contributed by atoms with Crippen LogP contribution >= 0.6 is 0 Å². The Morgan fingerprint density at radius 1 is 0.786 bits per heavy atom. The van der Waals surface area contributed by atoms with Gasteiger partial charge in [0.05, 0.1) is 0 Å². The fourth-order valence-corrected chi connectivity index (χ4v) is 1.55. The van der Waals surface area contributed by atoms with Crippen LogP contribution in [0, 0.1) is 0 Å². The maximum atomic E-state index is 10.9. The summed E-state index contributed by atoms with van der Waals surface area (Å²) in [6.07, 6.45) is 0. The zero-order chi connectivity index (χ0) is 9.80. The molecule has 0 bridgehead atoms. The van der Waals surface area contributed by atoms with Gasteiger partial charge in [-0.1, -0.05) is 54.6 Å². The minimum absolute atomic E-state index is 0.162. The van der Waals surface area contributed by atoms with E-state index in [1.54, 1.807) is 0 Å². The van der Waals surface area contributed by atoms with E-state index in [-0.39, 0.29) is 6.61 Å². The molecule has 1 nitrogen and oxygen atoms in total. The summed E-state index contributed by atoms with van der Waals surface area (Å²) in [5.74, 6) is 0. The van der Waals surface area contributed by atoms with Gasteiger partial charge in [0.1, 0.15) is 6.61 Å². The Labute approximate surface area is 83.6 Å². The summed E-state index contributed by atoms with van der Waals surface area (Å²) < 4.78 is 0. The van der Waals surface area contributed by atoms with Crippen molar-refractivity contribution in [1.29, 1.82) is 0 Å². The van der Waals surface area contributed by atoms with Crippen molar-refractivity contribution in [1.82, 2.24) is 0 Å². The molecule has 0 atom stereocenters. The molecule has 1 radical (unpaired) electrons. The molecule has 1 heteroatoms. The smallest absolute Gasteiger partial charge is 0.108 e. The minimum atomic E-state index is -0.162. The van der Waals surface area contributed by atoms with Gasteiger partial charge in [-0.15, -0.1) is 0 Å². The maximum absolute atomic E-state index is 10.9. The Hall–Kier alpha value is -1.60. The van der Waals surface area contributed by atoms with Gasteiger partial charge in [-0.3, -0.25) is 0 Å². The number of hydrogen-bond donors (Lipinski definition) is 0. The van der Waals surface area contributed by atoms with E-state index in [1.165, 1.54) is 0 Å². The number of rotatable bonds is 2. The summed E-state index contributed by atoms with van der Waals surface area (Å²) in [6.45, 7) is -0.162. The van der Waals surface area contributed by atoms with Crippen LogP contribution in [0.2, 0.25) is 0 Å². The molecule has 0 saturated heterocycles. The van der Waals surface area contributed by atoms with Crippen LogP contribution in [0.3, 0.4) is 0 Å². The average molecular weight is 183 g/mol. The van der Waals surface area contributed by atoms with E-state index in [1.807, 2.05) is 54.6 Å². The minimum Gasteiger partial charge on any atom is -0.232 e. The Morgan fingerprint density at radius 3 is 2.14 bits per heavy atom. The van der Waals surface area contributed by atoms with Gasteiger partial charge in [-0.05, 0) is 16.7 Å². The molecule has 2 aromatic carbocycles. The fraction of sp³-hybridized carbons (Fsp3) is 0.0769. The number of benzene rings is 2. The summed E-state index contributed by atoms with van der Waals surface area (Å²) in [6, 6.07) is 17.7. The topological polar surface area (TPSA) is 19.9 Å². The first-order valence-corrected chi connectivity index (χ1v) is 4.63. The number of hydrogen-bond acceptors (Lipinski definition) is 0. The second-order valence-electron chi connectivity index (χ2n) is 3.17. The van der Waals surface area contributed by atoms with Crippen molar-refractivity contribution in [2.75, 3.05) is 0 Å². The fourth-order valence-electron chi connectivity index (χ4n) is 1.55. The quantitative estimate of drug-likeness (QED) is 0.681. The van der Waals surface area contributed by atoms with Crippen LogP contribution in [0.1, 0.15) is 5.56 Å². The molecule has 0 aliphatic rings. The van der Waals surface area contributed by atoms with E-state index in [0.717, 1.165) is 16.7 Å². The van der Waals surface area contributed by atoms with Gasteiger partial charge in [0.15, 0.2) is 0 Å².